The van der Waals surface area contributed by atoms with Crippen molar-refractivity contribution in [3.63, 3.8) is 0 Å². The summed E-state index contributed by atoms with van der Waals surface area (Å²) in [4.78, 5) is 35.1. The summed E-state index contributed by atoms with van der Waals surface area (Å²) in [5.74, 6) is -2.29. The minimum Gasteiger partial charge on any atom is -0.493 e. The van der Waals surface area contributed by atoms with E-state index in [4.69, 9.17) is 5.11 Å². The van der Waals surface area contributed by atoms with Gasteiger partial charge in [0.25, 0.3) is 5.56 Å². The maximum absolute atomic E-state index is 14.4. The lowest BCUT2D eigenvalue weighted by molar-refractivity contribution is -0.137. The van der Waals surface area contributed by atoms with Gasteiger partial charge < -0.3 is 10.2 Å². The van der Waals surface area contributed by atoms with Crippen molar-refractivity contribution >= 4 is 16.7 Å². The lowest BCUT2D eigenvalue weighted by Gasteiger charge is -2.09. The number of fused-ring (bicyclic) bond motifs is 1. The molecule has 4 rings (SSSR count). The van der Waals surface area contributed by atoms with E-state index in [0.29, 0.717) is 28.5 Å². The largest absolute Gasteiger partial charge is 0.493 e. The molecule has 0 bridgehead atoms. The van der Waals surface area contributed by atoms with E-state index in [9.17, 15) is 23.9 Å². The average Bonchev–Trinajstić information content (AvgIpc) is 2.99. The molecule has 0 aliphatic carbocycles. The summed E-state index contributed by atoms with van der Waals surface area (Å²) in [7, 11) is 0. The molecule has 158 valence electrons. The number of benzene rings is 2. The van der Waals surface area contributed by atoms with Crippen molar-refractivity contribution in [3.05, 3.63) is 92.1 Å². The van der Waals surface area contributed by atoms with Crippen molar-refractivity contribution in [2.75, 3.05) is 0 Å². The molecular weight excluding hydrogens is 407 g/mol. The quantitative estimate of drug-likeness (QED) is 0.430. The van der Waals surface area contributed by atoms with Crippen LogP contribution < -0.4 is 11.2 Å². The Hall–Kier alpha value is -4.21. The van der Waals surface area contributed by atoms with Crippen LogP contribution in [0.5, 0.6) is 5.88 Å². The fourth-order valence-corrected chi connectivity index (χ4v) is 3.45. The molecular formula is C21H17FN4O5. The SMILES string of the molecule is O=C(O)Cn1cc(O)n(Cc2cc(Cc3n[nH]c(=O)c4ccccc34)ccc2F)c1=O. The Bertz CT molecular complexity index is 1420. The number of carboxylic acid groups (broad SMARTS) is 1. The van der Waals surface area contributed by atoms with Crippen LogP contribution >= 0.6 is 0 Å². The zero-order chi connectivity index (χ0) is 22.1. The number of rotatable bonds is 6. The predicted octanol–water partition coefficient (Wildman–Crippen LogP) is 1.45. The van der Waals surface area contributed by atoms with Crippen LogP contribution in [0.3, 0.4) is 0 Å². The van der Waals surface area contributed by atoms with Gasteiger partial charge in [0.2, 0.25) is 5.88 Å². The van der Waals surface area contributed by atoms with Gasteiger partial charge >= 0.3 is 11.7 Å². The molecule has 0 saturated carbocycles. The van der Waals surface area contributed by atoms with Gasteiger partial charge in [-0.25, -0.2) is 14.3 Å². The minimum atomic E-state index is -1.24. The lowest BCUT2D eigenvalue weighted by atomic mass is 10.0. The maximum atomic E-state index is 14.4. The first kappa shape index (κ1) is 20.1. The number of aliphatic carboxylic acids is 1. The maximum Gasteiger partial charge on any atom is 0.331 e. The first-order valence-electron chi connectivity index (χ1n) is 9.28. The number of hydrogen-bond acceptors (Lipinski definition) is 5. The summed E-state index contributed by atoms with van der Waals surface area (Å²) in [6.07, 6.45) is 1.29. The van der Waals surface area contributed by atoms with E-state index in [0.717, 1.165) is 15.3 Å². The van der Waals surface area contributed by atoms with Gasteiger partial charge in [-0.3, -0.25) is 18.7 Å². The van der Waals surface area contributed by atoms with E-state index in [1.165, 1.54) is 12.1 Å². The number of halogens is 1. The molecule has 0 saturated heterocycles. The van der Waals surface area contributed by atoms with Gasteiger partial charge in [-0.1, -0.05) is 30.3 Å². The van der Waals surface area contributed by atoms with Crippen LogP contribution in [-0.4, -0.2) is 35.5 Å². The Morgan fingerprint density at radius 3 is 2.61 bits per heavy atom. The highest BCUT2D eigenvalue weighted by Gasteiger charge is 2.15. The second-order valence-corrected chi connectivity index (χ2v) is 7.03. The standard InChI is InChI=1S/C21H17FN4O5/c22-16-6-5-12(8-17-14-3-1-2-4-15(14)20(30)24-23-17)7-13(16)9-26-18(27)10-25(21(26)31)11-19(28)29/h1-7,10,27H,8-9,11H2,(H,24,30)(H,28,29). The molecule has 0 amide bonds. The molecule has 0 spiro atoms. The first-order valence-corrected chi connectivity index (χ1v) is 9.28. The second kappa shape index (κ2) is 7.90. The fourth-order valence-electron chi connectivity index (χ4n) is 3.45. The lowest BCUT2D eigenvalue weighted by Crippen LogP contribution is -2.27. The van der Waals surface area contributed by atoms with E-state index >= 15 is 0 Å². The summed E-state index contributed by atoms with van der Waals surface area (Å²) in [6, 6.07) is 11.4. The highest BCUT2D eigenvalue weighted by molar-refractivity contribution is 5.83. The number of nitrogens with zero attached hydrogens (tertiary/aromatic N) is 3. The zero-order valence-electron chi connectivity index (χ0n) is 16.1. The van der Waals surface area contributed by atoms with Crippen molar-refractivity contribution < 1.29 is 19.4 Å². The Morgan fingerprint density at radius 2 is 1.87 bits per heavy atom. The van der Waals surface area contributed by atoms with E-state index < -0.39 is 29.9 Å². The highest BCUT2D eigenvalue weighted by atomic mass is 19.1. The summed E-state index contributed by atoms with van der Waals surface area (Å²) in [6.45, 7) is -0.899. The number of aromatic nitrogens is 4. The highest BCUT2D eigenvalue weighted by Crippen LogP contribution is 2.20. The number of nitrogens with one attached hydrogen (secondary N) is 1. The van der Waals surface area contributed by atoms with E-state index in [1.807, 2.05) is 0 Å². The molecule has 10 heteroatoms. The Morgan fingerprint density at radius 1 is 1.13 bits per heavy atom. The number of H-pyrrole nitrogens is 1. The van der Waals surface area contributed by atoms with Gasteiger partial charge in [-0.2, -0.15) is 5.10 Å². The Balaban J connectivity index is 1.67. The van der Waals surface area contributed by atoms with Crippen LogP contribution in [0.1, 0.15) is 16.8 Å². The van der Waals surface area contributed by atoms with Gasteiger partial charge in [-0.15, -0.1) is 0 Å². The molecule has 9 nitrogen and oxygen atoms in total. The fraction of sp³-hybridized carbons (Fsp3) is 0.143. The summed E-state index contributed by atoms with van der Waals surface area (Å²) in [5.41, 5.74) is 0.341. The molecule has 2 heterocycles. The average molecular weight is 424 g/mol. The van der Waals surface area contributed by atoms with Crippen molar-refractivity contribution in [3.8, 4) is 5.88 Å². The van der Waals surface area contributed by atoms with Crippen LogP contribution in [0.25, 0.3) is 10.8 Å². The Kier molecular flexibility index (Phi) is 5.12. The third kappa shape index (κ3) is 3.95. The molecule has 0 aliphatic rings. The molecule has 0 fully saturated rings. The minimum absolute atomic E-state index is 0.136. The van der Waals surface area contributed by atoms with Gasteiger partial charge in [-0.05, 0) is 17.7 Å². The summed E-state index contributed by atoms with van der Waals surface area (Å²) < 4.78 is 16.1. The molecule has 2 aromatic carbocycles. The van der Waals surface area contributed by atoms with Crippen LogP contribution in [0.15, 0.2) is 58.3 Å². The molecule has 0 atom stereocenters. The number of carboxylic acids is 1. The summed E-state index contributed by atoms with van der Waals surface area (Å²) >= 11 is 0. The number of carbonyl (C=O) groups is 1. The molecule has 0 radical (unpaired) electrons. The monoisotopic (exact) mass is 424 g/mol. The van der Waals surface area contributed by atoms with Crippen molar-refractivity contribution in [1.29, 1.82) is 0 Å². The van der Waals surface area contributed by atoms with Crippen molar-refractivity contribution in [2.24, 2.45) is 0 Å². The molecule has 0 unspecified atom stereocenters. The van der Waals surface area contributed by atoms with E-state index in [2.05, 4.69) is 10.2 Å². The van der Waals surface area contributed by atoms with Gasteiger partial charge in [0.15, 0.2) is 0 Å². The molecule has 4 aromatic rings. The van der Waals surface area contributed by atoms with Gasteiger partial charge in [0.05, 0.1) is 23.8 Å². The van der Waals surface area contributed by atoms with Crippen LogP contribution in [-0.2, 0) is 24.3 Å². The number of imidazole rings is 1. The van der Waals surface area contributed by atoms with Crippen LogP contribution in [0.4, 0.5) is 4.39 Å². The van der Waals surface area contributed by atoms with Crippen LogP contribution in [0, 0.1) is 5.82 Å². The smallest absolute Gasteiger partial charge is 0.331 e. The normalized spacial score (nSPS) is 11.1. The zero-order valence-corrected chi connectivity index (χ0v) is 16.1. The topological polar surface area (TPSA) is 130 Å². The van der Waals surface area contributed by atoms with E-state index in [1.54, 1.807) is 30.3 Å². The van der Waals surface area contributed by atoms with E-state index in [-0.39, 0.29) is 17.7 Å². The predicted molar refractivity (Wildman–Crippen MR) is 109 cm³/mol. The third-order valence-corrected chi connectivity index (χ3v) is 4.92. The Labute approximate surface area is 173 Å². The van der Waals surface area contributed by atoms with Crippen molar-refractivity contribution in [2.45, 2.75) is 19.5 Å². The number of hydrogen-bond donors (Lipinski definition) is 3. The number of aromatic hydroxyl groups is 1. The van der Waals surface area contributed by atoms with Crippen molar-refractivity contribution in [1.82, 2.24) is 19.3 Å². The first-order chi connectivity index (χ1) is 14.8. The molecule has 31 heavy (non-hydrogen) atoms. The molecule has 0 aliphatic heterocycles. The van der Waals surface area contributed by atoms with Crippen LogP contribution in [0.2, 0.25) is 0 Å². The van der Waals surface area contributed by atoms with Gasteiger partial charge in [0, 0.05) is 17.4 Å². The third-order valence-electron chi connectivity index (χ3n) is 4.92. The summed E-state index contributed by atoms with van der Waals surface area (Å²) in [5, 5.41) is 26.6. The van der Waals surface area contributed by atoms with Gasteiger partial charge in [0.1, 0.15) is 12.4 Å². The second-order valence-electron chi connectivity index (χ2n) is 7.03. The molecule has 3 N–H and O–H groups in total. The number of aromatic amines is 1. The molecule has 2 aromatic heterocycles.